The van der Waals surface area contributed by atoms with Crippen molar-refractivity contribution >= 4 is 35.8 Å². The molecule has 0 spiro atoms. The number of aliphatic hydroxyl groups is 1. The summed E-state index contributed by atoms with van der Waals surface area (Å²) in [7, 11) is 0. The Kier molecular flexibility index (Phi) is 6.97. The molecule has 3 rings (SSSR count). The van der Waals surface area contributed by atoms with E-state index in [1.165, 1.54) is 6.07 Å². The smallest absolute Gasteiger partial charge is 0.130 e. The highest BCUT2D eigenvalue weighted by molar-refractivity contribution is 5.85. The van der Waals surface area contributed by atoms with Gasteiger partial charge in [0.05, 0.1) is 17.6 Å². The van der Waals surface area contributed by atoms with Gasteiger partial charge >= 0.3 is 0 Å². The van der Waals surface area contributed by atoms with E-state index in [1.807, 2.05) is 34.9 Å². The van der Waals surface area contributed by atoms with Crippen molar-refractivity contribution in [2.75, 3.05) is 6.54 Å². The molecule has 0 aliphatic carbocycles. The summed E-state index contributed by atoms with van der Waals surface area (Å²) in [5, 5.41) is 9.52. The number of aliphatic hydroxyl groups excluding tert-OH is 1. The van der Waals surface area contributed by atoms with Gasteiger partial charge in [-0.2, -0.15) is 0 Å². The van der Waals surface area contributed by atoms with Crippen LogP contribution in [0, 0.1) is 5.82 Å². The number of para-hydroxylation sites is 1. The molecule has 0 aliphatic heterocycles. The Morgan fingerprint density at radius 2 is 1.78 bits per heavy atom. The quantitative estimate of drug-likeness (QED) is 0.754. The standard InChI is InChI=1S/C16H16FN3O.2ClH/c17-13-6-7-14-16(12(13)10-21)20(15(19-14)8-9-18)11-4-2-1-3-5-11;;/h1-7,21H,8-10,18H2;2*1H. The van der Waals surface area contributed by atoms with Crippen molar-refractivity contribution in [2.24, 2.45) is 5.73 Å². The normalized spacial score (nSPS) is 10.2. The van der Waals surface area contributed by atoms with Gasteiger partial charge in [-0.15, -0.1) is 24.8 Å². The van der Waals surface area contributed by atoms with Crippen molar-refractivity contribution in [2.45, 2.75) is 13.0 Å². The van der Waals surface area contributed by atoms with E-state index < -0.39 is 5.82 Å². The molecule has 0 atom stereocenters. The maximum atomic E-state index is 14.0. The highest BCUT2D eigenvalue weighted by atomic mass is 35.5. The molecule has 0 saturated carbocycles. The highest BCUT2D eigenvalue weighted by Gasteiger charge is 2.17. The minimum absolute atomic E-state index is 0. The van der Waals surface area contributed by atoms with E-state index in [0.29, 0.717) is 24.0 Å². The topological polar surface area (TPSA) is 64.1 Å². The zero-order valence-corrected chi connectivity index (χ0v) is 13.9. The van der Waals surface area contributed by atoms with E-state index in [1.54, 1.807) is 6.07 Å². The predicted molar refractivity (Wildman–Crippen MR) is 94.2 cm³/mol. The lowest BCUT2D eigenvalue weighted by molar-refractivity contribution is 0.277. The Morgan fingerprint density at radius 1 is 1.09 bits per heavy atom. The third-order valence-corrected chi connectivity index (χ3v) is 3.48. The molecule has 3 aromatic rings. The van der Waals surface area contributed by atoms with Crippen LogP contribution in [-0.4, -0.2) is 21.2 Å². The maximum Gasteiger partial charge on any atom is 0.130 e. The fraction of sp³-hybridized carbons (Fsp3) is 0.188. The predicted octanol–water partition coefficient (Wildman–Crippen LogP) is 3.00. The van der Waals surface area contributed by atoms with Crippen LogP contribution in [0.1, 0.15) is 11.4 Å². The van der Waals surface area contributed by atoms with Gasteiger partial charge in [0.2, 0.25) is 0 Å². The van der Waals surface area contributed by atoms with Crippen molar-refractivity contribution < 1.29 is 9.50 Å². The van der Waals surface area contributed by atoms with Gasteiger partial charge in [0.1, 0.15) is 11.6 Å². The average Bonchev–Trinajstić information content (AvgIpc) is 2.87. The molecule has 0 bridgehead atoms. The fourth-order valence-corrected chi connectivity index (χ4v) is 2.56. The lowest BCUT2D eigenvalue weighted by Gasteiger charge is -2.11. The van der Waals surface area contributed by atoms with Gasteiger partial charge in [0, 0.05) is 17.7 Å². The Labute approximate surface area is 146 Å². The molecule has 0 radical (unpaired) electrons. The minimum atomic E-state index is -0.429. The zero-order valence-electron chi connectivity index (χ0n) is 12.3. The maximum absolute atomic E-state index is 14.0. The number of hydrogen-bond acceptors (Lipinski definition) is 3. The summed E-state index contributed by atoms with van der Waals surface area (Å²) in [4.78, 5) is 4.53. The number of imidazole rings is 1. The second-order valence-corrected chi connectivity index (χ2v) is 4.79. The first kappa shape index (κ1) is 19.4. The zero-order chi connectivity index (χ0) is 14.8. The summed E-state index contributed by atoms with van der Waals surface area (Å²) in [6.07, 6.45) is 0.579. The largest absolute Gasteiger partial charge is 0.391 e. The van der Waals surface area contributed by atoms with Crippen LogP contribution in [0.15, 0.2) is 42.5 Å². The molecule has 0 saturated heterocycles. The van der Waals surface area contributed by atoms with E-state index in [0.717, 1.165) is 11.5 Å². The van der Waals surface area contributed by atoms with Gasteiger partial charge in [-0.05, 0) is 30.8 Å². The summed E-state index contributed by atoms with van der Waals surface area (Å²) in [5.74, 6) is 0.334. The third kappa shape index (κ3) is 3.48. The van der Waals surface area contributed by atoms with Gasteiger partial charge in [-0.1, -0.05) is 18.2 Å². The average molecular weight is 358 g/mol. The van der Waals surface area contributed by atoms with Crippen LogP contribution in [0.4, 0.5) is 4.39 Å². The fourth-order valence-electron chi connectivity index (χ4n) is 2.56. The number of nitrogens with zero attached hydrogens (tertiary/aromatic N) is 2. The van der Waals surface area contributed by atoms with Gasteiger partial charge in [0.15, 0.2) is 0 Å². The number of benzene rings is 2. The van der Waals surface area contributed by atoms with Crippen molar-refractivity contribution in [1.82, 2.24) is 9.55 Å². The summed E-state index contributed by atoms with van der Waals surface area (Å²) < 4.78 is 15.9. The molecule has 4 nitrogen and oxygen atoms in total. The Bertz CT molecular complexity index is 778. The van der Waals surface area contributed by atoms with E-state index in [2.05, 4.69) is 4.98 Å². The van der Waals surface area contributed by atoms with Gasteiger partial charge < -0.3 is 10.8 Å². The lowest BCUT2D eigenvalue weighted by atomic mass is 10.1. The van der Waals surface area contributed by atoms with E-state index >= 15 is 0 Å². The molecule has 0 unspecified atom stereocenters. The van der Waals surface area contributed by atoms with Crippen LogP contribution >= 0.6 is 24.8 Å². The van der Waals surface area contributed by atoms with E-state index in [4.69, 9.17) is 5.73 Å². The molecule has 1 heterocycles. The SMILES string of the molecule is Cl.Cl.NCCc1nc2ccc(F)c(CO)c2n1-c1ccccc1. The Hall–Kier alpha value is -1.66. The molecular weight excluding hydrogens is 340 g/mol. The number of halogens is 3. The number of rotatable bonds is 4. The molecular formula is C16H18Cl2FN3O. The van der Waals surface area contributed by atoms with Crippen LogP contribution in [-0.2, 0) is 13.0 Å². The first-order valence-electron chi connectivity index (χ1n) is 6.81. The summed E-state index contributed by atoms with van der Waals surface area (Å²) >= 11 is 0. The number of hydrogen-bond donors (Lipinski definition) is 2. The summed E-state index contributed by atoms with van der Waals surface area (Å²) in [6, 6.07) is 12.5. The highest BCUT2D eigenvalue weighted by Crippen LogP contribution is 2.27. The molecule has 2 aromatic carbocycles. The van der Waals surface area contributed by atoms with Gasteiger partial charge in [-0.3, -0.25) is 4.57 Å². The third-order valence-electron chi connectivity index (χ3n) is 3.48. The number of aromatic nitrogens is 2. The number of nitrogens with two attached hydrogens (primary N) is 1. The van der Waals surface area contributed by atoms with E-state index in [-0.39, 0.29) is 37.0 Å². The second kappa shape index (κ2) is 8.26. The lowest BCUT2D eigenvalue weighted by Crippen LogP contribution is -2.09. The van der Waals surface area contributed by atoms with Crippen LogP contribution in [0.2, 0.25) is 0 Å². The molecule has 7 heteroatoms. The molecule has 0 amide bonds. The van der Waals surface area contributed by atoms with E-state index in [9.17, 15) is 9.50 Å². The minimum Gasteiger partial charge on any atom is -0.391 e. The van der Waals surface area contributed by atoms with Crippen molar-refractivity contribution in [1.29, 1.82) is 0 Å². The summed E-state index contributed by atoms with van der Waals surface area (Å²) in [5.41, 5.74) is 8.05. The molecule has 124 valence electrons. The van der Waals surface area contributed by atoms with Gasteiger partial charge in [-0.25, -0.2) is 9.37 Å². The molecule has 0 aliphatic rings. The molecule has 3 N–H and O–H groups in total. The molecule has 0 fully saturated rings. The van der Waals surface area contributed by atoms with Gasteiger partial charge in [0.25, 0.3) is 0 Å². The van der Waals surface area contributed by atoms with Crippen LogP contribution in [0.5, 0.6) is 0 Å². The molecule has 23 heavy (non-hydrogen) atoms. The first-order valence-corrected chi connectivity index (χ1v) is 6.81. The monoisotopic (exact) mass is 357 g/mol. The Morgan fingerprint density at radius 3 is 2.39 bits per heavy atom. The molecule has 1 aromatic heterocycles. The van der Waals surface area contributed by atoms with Crippen LogP contribution < -0.4 is 5.73 Å². The Balaban J connectivity index is 0.00000132. The summed E-state index contributed by atoms with van der Waals surface area (Å²) in [6.45, 7) is 0.0802. The first-order chi connectivity index (χ1) is 10.3. The second-order valence-electron chi connectivity index (χ2n) is 4.79. The van der Waals surface area contributed by atoms with Crippen LogP contribution in [0.3, 0.4) is 0 Å². The van der Waals surface area contributed by atoms with Crippen molar-refractivity contribution in [3.05, 3.63) is 59.7 Å². The van der Waals surface area contributed by atoms with Crippen LogP contribution in [0.25, 0.3) is 16.7 Å². The number of fused-ring (bicyclic) bond motifs is 1. The van der Waals surface area contributed by atoms with Crippen molar-refractivity contribution in [3.8, 4) is 5.69 Å². The van der Waals surface area contributed by atoms with Crippen molar-refractivity contribution in [3.63, 3.8) is 0 Å².